The molecule has 4 rings (SSSR count). The van der Waals surface area contributed by atoms with E-state index in [4.69, 9.17) is 0 Å². The summed E-state index contributed by atoms with van der Waals surface area (Å²) in [4.78, 5) is 20.5. The minimum absolute atomic E-state index is 0.0573. The molecule has 0 aromatic carbocycles. The number of aromatic nitrogens is 3. The van der Waals surface area contributed by atoms with Gasteiger partial charge in [0.2, 0.25) is 10.0 Å². The Kier molecular flexibility index (Phi) is 5.41. The summed E-state index contributed by atoms with van der Waals surface area (Å²) in [6.07, 6.45) is 3.98. The summed E-state index contributed by atoms with van der Waals surface area (Å²) in [5.41, 5.74) is 1.43. The van der Waals surface area contributed by atoms with Gasteiger partial charge in [0.1, 0.15) is 9.73 Å². The largest absolute Gasteiger partial charge is 0.344 e. The van der Waals surface area contributed by atoms with E-state index in [0.717, 1.165) is 15.8 Å². The minimum Gasteiger partial charge on any atom is -0.344 e. The summed E-state index contributed by atoms with van der Waals surface area (Å²) >= 11 is 1.38. The molecule has 1 amide bonds. The number of pyridine rings is 1. The van der Waals surface area contributed by atoms with Crippen molar-refractivity contribution in [3.63, 3.8) is 0 Å². The zero-order valence-electron chi connectivity index (χ0n) is 17.5. The van der Waals surface area contributed by atoms with E-state index >= 15 is 0 Å². The van der Waals surface area contributed by atoms with E-state index in [2.05, 4.69) is 10.1 Å². The Morgan fingerprint density at radius 3 is 2.80 bits per heavy atom. The summed E-state index contributed by atoms with van der Waals surface area (Å²) in [5, 5.41) is 5.22. The number of rotatable bonds is 5. The summed E-state index contributed by atoms with van der Waals surface area (Å²) in [5.74, 6) is -0.132. The topological polar surface area (TPSA) is 88.4 Å². The molecule has 4 heterocycles. The number of carbonyl (C=O) groups excluding carboxylic acids is 1. The van der Waals surface area contributed by atoms with Crippen molar-refractivity contribution >= 4 is 37.5 Å². The highest BCUT2D eigenvalue weighted by atomic mass is 32.2. The number of carbonyl (C=O) groups is 1. The molecule has 0 N–H and O–H groups in total. The monoisotopic (exact) mass is 447 g/mol. The van der Waals surface area contributed by atoms with E-state index in [1.165, 1.54) is 15.6 Å². The first-order chi connectivity index (χ1) is 14.2. The van der Waals surface area contributed by atoms with Gasteiger partial charge in [-0.25, -0.2) is 13.4 Å². The highest BCUT2D eigenvalue weighted by Gasteiger charge is 2.38. The summed E-state index contributed by atoms with van der Waals surface area (Å²) < 4.78 is 29.7. The number of fused-ring (bicyclic) bond motifs is 1. The van der Waals surface area contributed by atoms with Crippen LogP contribution in [0.5, 0.6) is 0 Å². The van der Waals surface area contributed by atoms with E-state index < -0.39 is 10.0 Å². The van der Waals surface area contributed by atoms with Gasteiger partial charge in [-0.1, -0.05) is 6.07 Å². The molecule has 1 atom stereocenters. The quantitative estimate of drug-likeness (QED) is 0.600. The number of thiophene rings is 1. The van der Waals surface area contributed by atoms with Crippen LogP contribution < -0.4 is 0 Å². The summed E-state index contributed by atoms with van der Waals surface area (Å²) in [6, 6.07) is 3.82. The van der Waals surface area contributed by atoms with Crippen molar-refractivity contribution in [3.8, 4) is 0 Å². The maximum Gasteiger partial charge on any atom is 0.263 e. The SMILES string of the molecule is CCn1cc(S(=O)(=O)N2CCC(c3c(C(=O)N(C)C)sc4ncccc34)C2)c(C)n1. The van der Waals surface area contributed by atoms with Gasteiger partial charge in [0.15, 0.2) is 0 Å². The molecule has 1 unspecified atom stereocenters. The maximum absolute atomic E-state index is 13.3. The lowest BCUT2D eigenvalue weighted by Gasteiger charge is -2.17. The molecule has 3 aromatic heterocycles. The zero-order chi connectivity index (χ0) is 21.6. The lowest BCUT2D eigenvalue weighted by atomic mass is 9.95. The normalized spacial score (nSPS) is 17.7. The summed E-state index contributed by atoms with van der Waals surface area (Å²) in [7, 11) is -0.192. The Morgan fingerprint density at radius 1 is 1.37 bits per heavy atom. The van der Waals surface area contributed by atoms with Gasteiger partial charge in [-0.2, -0.15) is 9.40 Å². The molecule has 0 bridgehead atoms. The van der Waals surface area contributed by atoms with Crippen LogP contribution in [0.2, 0.25) is 0 Å². The molecule has 160 valence electrons. The van der Waals surface area contributed by atoms with Crippen LogP contribution in [0.1, 0.15) is 40.2 Å². The van der Waals surface area contributed by atoms with Gasteiger partial charge in [-0.05, 0) is 31.9 Å². The van der Waals surface area contributed by atoms with Gasteiger partial charge in [0.25, 0.3) is 5.91 Å². The van der Waals surface area contributed by atoms with Crippen LogP contribution in [0.25, 0.3) is 10.2 Å². The Labute approximate surface area is 180 Å². The predicted octanol–water partition coefficient (Wildman–Crippen LogP) is 2.70. The van der Waals surface area contributed by atoms with Crippen molar-refractivity contribution in [2.75, 3.05) is 27.2 Å². The molecule has 0 aliphatic carbocycles. The number of hydrogen-bond donors (Lipinski definition) is 0. The van der Waals surface area contributed by atoms with E-state index in [-0.39, 0.29) is 16.7 Å². The first-order valence-electron chi connectivity index (χ1n) is 9.87. The molecule has 10 heteroatoms. The molecular weight excluding hydrogens is 422 g/mol. The van der Waals surface area contributed by atoms with E-state index in [1.54, 1.807) is 43.0 Å². The second-order valence-electron chi connectivity index (χ2n) is 7.68. The molecule has 1 saturated heterocycles. The second-order valence-corrected chi connectivity index (χ2v) is 10.6. The Bertz CT molecular complexity index is 1210. The number of nitrogens with zero attached hydrogens (tertiary/aromatic N) is 5. The third-order valence-corrected chi connectivity index (χ3v) is 8.59. The van der Waals surface area contributed by atoms with E-state index in [0.29, 0.717) is 36.6 Å². The number of hydrogen-bond acceptors (Lipinski definition) is 6. The predicted molar refractivity (Wildman–Crippen MR) is 116 cm³/mol. The van der Waals surface area contributed by atoms with Crippen LogP contribution in [-0.4, -0.2) is 65.5 Å². The molecule has 1 fully saturated rings. The minimum atomic E-state index is -3.64. The van der Waals surface area contributed by atoms with Crippen molar-refractivity contribution in [2.45, 2.75) is 37.6 Å². The van der Waals surface area contributed by atoms with Crippen LogP contribution in [-0.2, 0) is 16.6 Å². The number of sulfonamides is 1. The number of amides is 1. The average Bonchev–Trinajstić information content (AvgIpc) is 3.43. The van der Waals surface area contributed by atoms with Gasteiger partial charge in [0.05, 0.1) is 10.6 Å². The van der Waals surface area contributed by atoms with Crippen LogP contribution in [0, 0.1) is 6.92 Å². The molecule has 30 heavy (non-hydrogen) atoms. The van der Waals surface area contributed by atoms with Crippen LogP contribution in [0.3, 0.4) is 0 Å². The first-order valence-corrected chi connectivity index (χ1v) is 12.1. The van der Waals surface area contributed by atoms with Gasteiger partial charge in [0, 0.05) is 57.4 Å². The smallest absolute Gasteiger partial charge is 0.263 e. The van der Waals surface area contributed by atoms with Crippen molar-refractivity contribution < 1.29 is 13.2 Å². The standard InChI is InChI=1S/C20H25N5O3S2/c1-5-24-12-16(13(2)22-24)30(27,28)25-10-8-14(11-25)17-15-7-6-9-21-19(15)29-18(17)20(26)23(3)4/h6-7,9,12,14H,5,8,10-11H2,1-4H3. The van der Waals surface area contributed by atoms with Gasteiger partial charge in [-0.15, -0.1) is 11.3 Å². The van der Waals surface area contributed by atoms with E-state index in [1.807, 2.05) is 19.1 Å². The van der Waals surface area contributed by atoms with Gasteiger partial charge >= 0.3 is 0 Å². The fourth-order valence-corrected chi connectivity index (χ4v) is 6.87. The lowest BCUT2D eigenvalue weighted by Crippen LogP contribution is -2.29. The van der Waals surface area contributed by atoms with Crippen molar-refractivity contribution in [2.24, 2.45) is 0 Å². The fraction of sp³-hybridized carbons (Fsp3) is 0.450. The molecular formula is C20H25N5O3S2. The molecule has 0 saturated carbocycles. The fourth-order valence-electron chi connectivity index (χ4n) is 3.95. The maximum atomic E-state index is 13.3. The summed E-state index contributed by atoms with van der Waals surface area (Å²) in [6.45, 7) is 5.01. The third kappa shape index (κ3) is 3.42. The average molecular weight is 448 g/mol. The Balaban J connectivity index is 1.71. The Hall–Kier alpha value is -2.30. The number of aryl methyl sites for hydroxylation is 2. The van der Waals surface area contributed by atoms with Crippen molar-refractivity contribution in [1.82, 2.24) is 24.0 Å². The molecule has 0 spiro atoms. The highest BCUT2D eigenvalue weighted by molar-refractivity contribution is 7.89. The third-order valence-electron chi connectivity index (χ3n) is 5.51. The molecule has 8 nitrogen and oxygen atoms in total. The highest BCUT2D eigenvalue weighted by Crippen LogP contribution is 2.41. The van der Waals surface area contributed by atoms with Crippen molar-refractivity contribution in [1.29, 1.82) is 0 Å². The van der Waals surface area contributed by atoms with Crippen molar-refractivity contribution in [3.05, 3.63) is 40.7 Å². The molecule has 0 radical (unpaired) electrons. The van der Waals surface area contributed by atoms with Gasteiger partial charge in [-0.3, -0.25) is 9.48 Å². The van der Waals surface area contributed by atoms with Crippen LogP contribution >= 0.6 is 11.3 Å². The molecule has 1 aliphatic rings. The van der Waals surface area contributed by atoms with Gasteiger partial charge < -0.3 is 4.90 Å². The zero-order valence-corrected chi connectivity index (χ0v) is 19.1. The van der Waals surface area contributed by atoms with Crippen LogP contribution in [0.4, 0.5) is 0 Å². The Morgan fingerprint density at radius 2 is 2.13 bits per heavy atom. The molecule has 3 aromatic rings. The van der Waals surface area contributed by atoms with E-state index in [9.17, 15) is 13.2 Å². The van der Waals surface area contributed by atoms with Crippen LogP contribution in [0.15, 0.2) is 29.4 Å². The first kappa shape index (κ1) is 21.0. The molecule has 1 aliphatic heterocycles. The lowest BCUT2D eigenvalue weighted by molar-refractivity contribution is 0.0831. The second kappa shape index (κ2) is 7.75.